The number of hydrogen-bond acceptors (Lipinski definition) is 2. The third-order valence-electron chi connectivity index (χ3n) is 5.11. The Bertz CT molecular complexity index is 1200. The molecule has 2 heterocycles. The van der Waals surface area contributed by atoms with Gasteiger partial charge in [0, 0.05) is 40.3 Å². The lowest BCUT2D eigenvalue weighted by molar-refractivity contribution is -0.116. The second-order valence-electron chi connectivity index (χ2n) is 7.33. The molecule has 1 amide bonds. The first-order valence-electron chi connectivity index (χ1n) is 9.83. The molecule has 0 aliphatic heterocycles. The summed E-state index contributed by atoms with van der Waals surface area (Å²) in [5.74, 6) is 0.0589. The summed E-state index contributed by atoms with van der Waals surface area (Å²) in [6, 6.07) is 14.3. The number of carbonyl (C=O) groups is 1. The third-order valence-corrected chi connectivity index (χ3v) is 5.46. The molecule has 0 unspecified atom stereocenters. The van der Waals surface area contributed by atoms with Crippen molar-refractivity contribution in [2.24, 2.45) is 0 Å². The molecule has 30 heavy (non-hydrogen) atoms. The number of nitrogens with zero attached hydrogens (tertiary/aromatic N) is 2. The first kappa shape index (κ1) is 20.2. The van der Waals surface area contributed by atoms with Gasteiger partial charge in [-0.2, -0.15) is 5.10 Å². The minimum Gasteiger partial charge on any atom is -0.361 e. The molecule has 0 atom stereocenters. The van der Waals surface area contributed by atoms with Crippen molar-refractivity contribution >= 4 is 34.2 Å². The van der Waals surface area contributed by atoms with Crippen LogP contribution in [0, 0.1) is 12.7 Å². The number of hydrogen-bond donors (Lipinski definition) is 2. The highest BCUT2D eigenvalue weighted by atomic mass is 35.5. The van der Waals surface area contributed by atoms with E-state index in [-0.39, 0.29) is 11.7 Å². The molecule has 0 aliphatic carbocycles. The molecule has 0 radical (unpaired) electrons. The van der Waals surface area contributed by atoms with Crippen molar-refractivity contribution in [3.63, 3.8) is 0 Å². The normalized spacial score (nSPS) is 11.2. The fraction of sp³-hybridized carbons (Fsp3) is 0.217. The molecule has 0 fully saturated rings. The van der Waals surface area contributed by atoms with E-state index in [1.807, 2.05) is 37.4 Å². The summed E-state index contributed by atoms with van der Waals surface area (Å²) in [6.45, 7) is 2.30. The predicted octanol–water partition coefficient (Wildman–Crippen LogP) is 5.48. The minimum absolute atomic E-state index is 0.0701. The summed E-state index contributed by atoms with van der Waals surface area (Å²) < 4.78 is 15.0. The predicted molar refractivity (Wildman–Crippen MR) is 117 cm³/mol. The fourth-order valence-corrected chi connectivity index (χ4v) is 3.75. The highest BCUT2D eigenvalue weighted by Gasteiger charge is 2.11. The molecule has 0 saturated carbocycles. The highest BCUT2D eigenvalue weighted by Crippen LogP contribution is 2.21. The molecule has 2 aromatic carbocycles. The van der Waals surface area contributed by atoms with Gasteiger partial charge in [0.25, 0.3) is 0 Å². The van der Waals surface area contributed by atoms with Crippen molar-refractivity contribution in [2.75, 3.05) is 5.32 Å². The molecule has 0 bridgehead atoms. The lowest BCUT2D eigenvalue weighted by atomic mass is 10.1. The molecule has 0 spiro atoms. The van der Waals surface area contributed by atoms with Gasteiger partial charge in [-0.15, -0.1) is 0 Å². The van der Waals surface area contributed by atoms with Crippen LogP contribution in [0.5, 0.6) is 0 Å². The molecule has 2 aromatic heterocycles. The molecule has 4 aromatic rings. The van der Waals surface area contributed by atoms with Gasteiger partial charge in [0.15, 0.2) is 5.82 Å². The van der Waals surface area contributed by atoms with Crippen LogP contribution in [0.1, 0.15) is 29.7 Å². The number of aromatic nitrogens is 3. The van der Waals surface area contributed by atoms with E-state index in [9.17, 15) is 9.18 Å². The Hall–Kier alpha value is -3.12. The van der Waals surface area contributed by atoms with Crippen molar-refractivity contribution < 1.29 is 9.18 Å². The minimum atomic E-state index is -0.374. The van der Waals surface area contributed by atoms with E-state index in [0.717, 1.165) is 29.6 Å². The Morgan fingerprint density at radius 3 is 2.87 bits per heavy atom. The summed E-state index contributed by atoms with van der Waals surface area (Å²) in [4.78, 5) is 15.6. The van der Waals surface area contributed by atoms with Crippen LogP contribution in [0.4, 0.5) is 10.2 Å². The Kier molecular flexibility index (Phi) is 5.86. The number of nitrogens with one attached hydrogen (secondary N) is 2. The van der Waals surface area contributed by atoms with Gasteiger partial charge in [0.05, 0.1) is 6.54 Å². The van der Waals surface area contributed by atoms with Crippen molar-refractivity contribution in [3.8, 4) is 0 Å². The topological polar surface area (TPSA) is 62.7 Å². The Morgan fingerprint density at radius 1 is 1.20 bits per heavy atom. The van der Waals surface area contributed by atoms with Gasteiger partial charge < -0.3 is 10.3 Å². The first-order valence-corrected chi connectivity index (χ1v) is 10.2. The van der Waals surface area contributed by atoms with Crippen molar-refractivity contribution in [2.45, 2.75) is 32.7 Å². The van der Waals surface area contributed by atoms with Gasteiger partial charge in [-0.1, -0.05) is 35.9 Å². The number of rotatable bonds is 7. The van der Waals surface area contributed by atoms with Gasteiger partial charge in [-0.05, 0) is 49.1 Å². The van der Waals surface area contributed by atoms with Crippen LogP contribution in [-0.4, -0.2) is 20.7 Å². The summed E-state index contributed by atoms with van der Waals surface area (Å²) in [5.41, 5.74) is 3.97. The molecule has 154 valence electrons. The number of benzene rings is 2. The number of H-pyrrole nitrogens is 1. The number of aryl methyl sites for hydroxylation is 2. The van der Waals surface area contributed by atoms with Crippen LogP contribution < -0.4 is 5.32 Å². The molecular formula is C23H22ClFN4O. The summed E-state index contributed by atoms with van der Waals surface area (Å²) >= 11 is 6.11. The zero-order valence-electron chi connectivity index (χ0n) is 16.6. The van der Waals surface area contributed by atoms with Crippen molar-refractivity contribution in [1.29, 1.82) is 0 Å². The monoisotopic (exact) mass is 424 g/mol. The molecule has 0 aliphatic rings. The van der Waals surface area contributed by atoms with Gasteiger partial charge >= 0.3 is 0 Å². The van der Waals surface area contributed by atoms with Gasteiger partial charge in [-0.25, -0.2) is 4.39 Å². The third kappa shape index (κ3) is 4.54. The molecular weight excluding hydrogens is 403 g/mol. The standard InChI is InChI=1S/C23H22ClFN4O/c1-15-11-22(28-29(15)14-17-9-10-18(25)12-20(17)24)27-23(30)8-4-5-16-13-26-21-7-3-2-6-19(16)21/h2-3,6-7,9-13,26H,4-5,8,14H2,1H3,(H,27,28,30). The zero-order chi connectivity index (χ0) is 21.1. The largest absolute Gasteiger partial charge is 0.361 e. The van der Waals surface area contributed by atoms with Crippen LogP contribution >= 0.6 is 11.6 Å². The summed E-state index contributed by atoms with van der Waals surface area (Å²) in [6.07, 6.45) is 4.00. The number of anilines is 1. The van der Waals surface area contributed by atoms with Crippen molar-refractivity contribution in [1.82, 2.24) is 14.8 Å². The number of amides is 1. The number of para-hydroxylation sites is 1. The smallest absolute Gasteiger partial charge is 0.225 e. The van der Waals surface area contributed by atoms with Gasteiger partial charge in [-0.3, -0.25) is 9.48 Å². The number of aromatic amines is 1. The number of fused-ring (bicyclic) bond motifs is 1. The van der Waals surface area contributed by atoms with E-state index in [1.54, 1.807) is 10.7 Å². The van der Waals surface area contributed by atoms with Gasteiger partial charge in [0.2, 0.25) is 5.91 Å². The first-order chi connectivity index (χ1) is 14.5. The second-order valence-corrected chi connectivity index (χ2v) is 7.73. The van der Waals surface area contributed by atoms with E-state index < -0.39 is 0 Å². The quantitative estimate of drug-likeness (QED) is 0.413. The molecule has 5 nitrogen and oxygen atoms in total. The SMILES string of the molecule is Cc1cc(NC(=O)CCCc2c[nH]c3ccccc23)nn1Cc1ccc(F)cc1Cl. The zero-order valence-corrected chi connectivity index (χ0v) is 17.3. The van der Waals surface area contributed by atoms with Crippen LogP contribution in [0.15, 0.2) is 54.7 Å². The average molecular weight is 425 g/mol. The maximum atomic E-state index is 13.2. The molecule has 2 N–H and O–H groups in total. The molecule has 0 saturated heterocycles. The maximum absolute atomic E-state index is 13.2. The van der Waals surface area contributed by atoms with E-state index in [2.05, 4.69) is 21.5 Å². The van der Waals surface area contributed by atoms with Crippen molar-refractivity contribution in [3.05, 3.63) is 82.4 Å². The maximum Gasteiger partial charge on any atom is 0.225 e. The van der Waals surface area contributed by atoms with Gasteiger partial charge in [0.1, 0.15) is 5.82 Å². The highest BCUT2D eigenvalue weighted by molar-refractivity contribution is 6.31. The summed E-state index contributed by atoms with van der Waals surface area (Å²) in [5, 5.41) is 8.85. The average Bonchev–Trinajstić information content (AvgIpc) is 3.27. The van der Waals surface area contributed by atoms with E-state index in [4.69, 9.17) is 11.6 Å². The Labute approximate surface area is 178 Å². The fourth-order valence-electron chi connectivity index (χ4n) is 3.53. The lowest BCUT2D eigenvalue weighted by Gasteiger charge is -2.07. The van der Waals surface area contributed by atoms with Crippen LogP contribution in [0.2, 0.25) is 5.02 Å². The molecule has 4 rings (SSSR count). The number of carbonyl (C=O) groups excluding carboxylic acids is 1. The van der Waals surface area contributed by atoms with Crippen LogP contribution in [0.25, 0.3) is 10.9 Å². The van der Waals surface area contributed by atoms with Crippen LogP contribution in [0.3, 0.4) is 0 Å². The van der Waals surface area contributed by atoms with E-state index in [1.165, 1.54) is 23.1 Å². The van der Waals surface area contributed by atoms with E-state index >= 15 is 0 Å². The lowest BCUT2D eigenvalue weighted by Crippen LogP contribution is -2.12. The Balaban J connectivity index is 1.33. The van der Waals surface area contributed by atoms with Crippen LogP contribution in [-0.2, 0) is 17.8 Å². The van der Waals surface area contributed by atoms with E-state index in [0.29, 0.717) is 23.8 Å². The summed E-state index contributed by atoms with van der Waals surface area (Å²) in [7, 11) is 0. The molecule has 7 heteroatoms. The number of halogens is 2. The second kappa shape index (κ2) is 8.71. The Morgan fingerprint density at radius 2 is 2.03 bits per heavy atom.